The van der Waals surface area contributed by atoms with E-state index in [1.807, 2.05) is 19.0 Å². The monoisotopic (exact) mass is 392 g/mol. The van der Waals surface area contributed by atoms with Crippen molar-refractivity contribution in [2.45, 2.75) is 13.0 Å². The van der Waals surface area contributed by atoms with Gasteiger partial charge in [-0.1, -0.05) is 24.3 Å². The van der Waals surface area contributed by atoms with Gasteiger partial charge in [0, 0.05) is 17.3 Å². The van der Waals surface area contributed by atoms with Crippen molar-refractivity contribution in [3.05, 3.63) is 65.4 Å². The smallest absolute Gasteiger partial charge is 0.263 e. The van der Waals surface area contributed by atoms with Crippen molar-refractivity contribution >= 4 is 43.7 Å². The zero-order valence-electron chi connectivity index (χ0n) is 16.1. The molecular weight excluding hydrogens is 372 g/mol. The van der Waals surface area contributed by atoms with Crippen LogP contribution in [0.5, 0.6) is 0 Å². The molecule has 4 aromatic rings. The number of anilines is 2. The van der Waals surface area contributed by atoms with E-state index in [4.69, 9.17) is 11.5 Å². The van der Waals surface area contributed by atoms with Crippen LogP contribution in [0.15, 0.2) is 43.4 Å². The first-order chi connectivity index (χ1) is 13.8. The Bertz CT molecular complexity index is 1400. The van der Waals surface area contributed by atoms with Crippen molar-refractivity contribution in [3.63, 3.8) is 0 Å². The van der Waals surface area contributed by atoms with Gasteiger partial charge in [0.25, 0.3) is 11.1 Å². The highest BCUT2D eigenvalue weighted by Gasteiger charge is 2.25. The summed E-state index contributed by atoms with van der Waals surface area (Å²) < 4.78 is 1.08. The Balaban J connectivity index is 2.17. The number of hydrogen-bond acceptors (Lipinski definition) is 7. The third-order valence-electron chi connectivity index (χ3n) is 5.35. The normalized spacial score (nSPS) is 12.0. The van der Waals surface area contributed by atoms with E-state index in [2.05, 4.69) is 0 Å². The van der Waals surface area contributed by atoms with Crippen molar-refractivity contribution in [3.8, 4) is 0 Å². The summed E-state index contributed by atoms with van der Waals surface area (Å²) >= 11 is 0. The third-order valence-corrected chi connectivity index (χ3v) is 5.35. The summed E-state index contributed by atoms with van der Waals surface area (Å²) in [5.74, 6) is 0. The molecule has 0 saturated carbocycles. The predicted molar refractivity (Wildman–Crippen MR) is 116 cm³/mol. The maximum Gasteiger partial charge on any atom is 0.263 e. The minimum absolute atomic E-state index is 0.0864. The van der Waals surface area contributed by atoms with E-state index in [1.54, 1.807) is 12.1 Å². The molecule has 4 rings (SSSR count). The van der Waals surface area contributed by atoms with Gasteiger partial charge in [-0.05, 0) is 27.1 Å². The van der Waals surface area contributed by atoms with E-state index in [0.29, 0.717) is 13.0 Å². The quantitative estimate of drug-likeness (QED) is 0.292. The molecule has 0 aliphatic carbocycles. The van der Waals surface area contributed by atoms with Gasteiger partial charge in [0.15, 0.2) is 10.9 Å². The number of benzene rings is 3. The molecule has 0 atom stereocenters. The average Bonchev–Trinajstić information content (AvgIpc) is 2.94. The standard InChI is InChI=1S/C21H20N4O4/c1-24(2)8-5-9-25-20(28)14-15(21(25)29)17(23)13-12(16(14)22)18(26)10-6-3-4-7-11(10)19(13)27/h3-4,6-7H,5,8-9,22-23H2,1-2H3. The van der Waals surface area contributed by atoms with Crippen molar-refractivity contribution in [2.75, 3.05) is 32.1 Å². The second-order valence-electron chi connectivity index (χ2n) is 7.45. The van der Waals surface area contributed by atoms with Gasteiger partial charge in [-0.15, -0.1) is 0 Å². The zero-order valence-corrected chi connectivity index (χ0v) is 16.1. The van der Waals surface area contributed by atoms with Crippen LogP contribution >= 0.6 is 0 Å². The highest BCUT2D eigenvalue weighted by atomic mass is 16.2. The molecule has 0 aliphatic heterocycles. The maximum atomic E-state index is 13.0. The third kappa shape index (κ3) is 2.56. The van der Waals surface area contributed by atoms with E-state index in [9.17, 15) is 19.2 Å². The Hall–Kier alpha value is -3.52. The van der Waals surface area contributed by atoms with Crippen LogP contribution in [0.2, 0.25) is 0 Å². The number of fused-ring (bicyclic) bond motifs is 3. The van der Waals surface area contributed by atoms with Gasteiger partial charge in [0.2, 0.25) is 0 Å². The number of nitrogen functional groups attached to an aromatic ring is 2. The number of nitrogens with two attached hydrogens (primary N) is 2. The van der Waals surface area contributed by atoms with Gasteiger partial charge in [0.05, 0.1) is 32.9 Å². The van der Waals surface area contributed by atoms with Gasteiger partial charge >= 0.3 is 0 Å². The first-order valence-electron chi connectivity index (χ1n) is 9.20. The zero-order chi connectivity index (χ0) is 21.0. The van der Waals surface area contributed by atoms with Gasteiger partial charge < -0.3 is 16.4 Å². The largest absolute Gasteiger partial charge is 0.397 e. The summed E-state index contributed by atoms with van der Waals surface area (Å²) in [5, 5.41) is 0.0436. The molecule has 0 saturated heterocycles. The lowest BCUT2D eigenvalue weighted by molar-refractivity contribution is 0.384. The fraction of sp³-hybridized carbons (Fsp3) is 0.238. The van der Waals surface area contributed by atoms with Gasteiger partial charge in [0.1, 0.15) is 0 Å². The first-order valence-corrected chi connectivity index (χ1v) is 9.20. The predicted octanol–water partition coefficient (Wildman–Crippen LogP) is 0.380. The molecule has 0 radical (unpaired) electrons. The molecule has 0 unspecified atom stereocenters. The maximum absolute atomic E-state index is 13.0. The van der Waals surface area contributed by atoms with Crippen LogP contribution in [-0.2, 0) is 6.54 Å². The summed E-state index contributed by atoms with van der Waals surface area (Å²) in [7, 11) is 3.78. The fourth-order valence-corrected chi connectivity index (χ4v) is 3.96. The molecule has 8 nitrogen and oxygen atoms in total. The summed E-state index contributed by atoms with van der Waals surface area (Å²) in [6, 6.07) is 6.34. The molecule has 29 heavy (non-hydrogen) atoms. The molecular formula is C21H20N4O4. The van der Waals surface area contributed by atoms with E-state index in [0.717, 1.165) is 4.57 Å². The topological polar surface area (TPSA) is 128 Å². The molecule has 4 N–H and O–H groups in total. The van der Waals surface area contributed by atoms with Crippen molar-refractivity contribution in [1.82, 2.24) is 9.47 Å². The van der Waals surface area contributed by atoms with E-state index < -0.39 is 22.0 Å². The summed E-state index contributed by atoms with van der Waals surface area (Å²) in [6.07, 6.45) is 0.571. The summed E-state index contributed by atoms with van der Waals surface area (Å²) in [5.41, 5.74) is 9.92. The van der Waals surface area contributed by atoms with Crippen molar-refractivity contribution in [2.24, 2.45) is 0 Å². The summed E-state index contributed by atoms with van der Waals surface area (Å²) in [6.45, 7) is 0.872. The van der Waals surface area contributed by atoms with Crippen molar-refractivity contribution in [1.29, 1.82) is 0 Å². The van der Waals surface area contributed by atoms with E-state index >= 15 is 0 Å². The fourth-order valence-electron chi connectivity index (χ4n) is 3.96. The van der Waals surface area contributed by atoms with Crippen LogP contribution in [0.3, 0.4) is 0 Å². The van der Waals surface area contributed by atoms with Crippen LogP contribution < -0.4 is 33.4 Å². The molecule has 0 spiro atoms. The number of nitrogens with zero attached hydrogens (tertiary/aromatic N) is 2. The Morgan fingerprint density at radius 1 is 0.793 bits per heavy atom. The molecule has 0 aliphatic rings. The van der Waals surface area contributed by atoms with Gasteiger partial charge in [-0.25, -0.2) is 0 Å². The molecule has 0 amide bonds. The lowest BCUT2D eigenvalue weighted by Crippen LogP contribution is -2.27. The molecule has 0 bridgehead atoms. The second kappa shape index (κ2) is 6.52. The van der Waals surface area contributed by atoms with Crippen LogP contribution in [0.1, 0.15) is 6.42 Å². The van der Waals surface area contributed by atoms with Crippen molar-refractivity contribution < 1.29 is 0 Å². The molecule has 0 fully saturated rings. The Kier molecular flexibility index (Phi) is 4.24. The van der Waals surface area contributed by atoms with E-state index in [-0.39, 0.29) is 50.2 Å². The average molecular weight is 392 g/mol. The van der Waals surface area contributed by atoms with Crippen LogP contribution in [0, 0.1) is 0 Å². The van der Waals surface area contributed by atoms with Gasteiger partial charge in [-0.2, -0.15) is 0 Å². The molecule has 8 heteroatoms. The molecule has 1 aromatic heterocycles. The highest BCUT2D eigenvalue weighted by molar-refractivity contribution is 6.20. The van der Waals surface area contributed by atoms with E-state index in [1.165, 1.54) is 12.1 Å². The number of aromatic nitrogens is 1. The lowest BCUT2D eigenvalue weighted by atomic mass is 9.97. The Labute approximate surface area is 164 Å². The Morgan fingerprint density at radius 2 is 1.24 bits per heavy atom. The van der Waals surface area contributed by atoms with Crippen LogP contribution in [0.25, 0.3) is 32.3 Å². The molecule has 3 aromatic carbocycles. The van der Waals surface area contributed by atoms with Crippen LogP contribution in [-0.4, -0.2) is 30.1 Å². The van der Waals surface area contributed by atoms with Gasteiger partial charge in [-0.3, -0.25) is 23.7 Å². The van der Waals surface area contributed by atoms with Crippen LogP contribution in [0.4, 0.5) is 11.4 Å². The lowest BCUT2D eigenvalue weighted by Gasteiger charge is -2.08. The molecule has 148 valence electrons. The molecule has 1 heterocycles. The SMILES string of the molecule is CN(C)CCCn1c(=O)c2c(N)c3c(=O)c4ccccc4c(=O)c3c(N)c2c1=O. The summed E-state index contributed by atoms with van der Waals surface area (Å²) in [4.78, 5) is 53.9. The Morgan fingerprint density at radius 3 is 1.66 bits per heavy atom. The second-order valence-corrected chi connectivity index (χ2v) is 7.45. The number of hydrogen-bond donors (Lipinski definition) is 2. The first kappa shape index (κ1) is 18.8. The number of rotatable bonds is 4. The minimum Gasteiger partial charge on any atom is -0.397 e. The minimum atomic E-state index is -0.588. The highest BCUT2D eigenvalue weighted by Crippen LogP contribution is 2.31.